The summed E-state index contributed by atoms with van der Waals surface area (Å²) in [6.07, 6.45) is 0. The second-order valence-corrected chi connectivity index (χ2v) is 6.09. The molecule has 0 atom stereocenters. The molecule has 2 aromatic rings. The zero-order valence-electron chi connectivity index (χ0n) is 10.0. The van der Waals surface area contributed by atoms with Crippen molar-refractivity contribution in [2.75, 3.05) is 16.4 Å². The average molecular weight is 308 g/mol. The third-order valence-corrected chi connectivity index (χ3v) is 4.67. The van der Waals surface area contributed by atoms with Crippen LogP contribution in [-0.4, -0.2) is 39.4 Å². The largest absolute Gasteiger partial charge is 0.478 e. The Morgan fingerprint density at radius 2 is 1.95 bits per heavy atom. The van der Waals surface area contributed by atoms with Gasteiger partial charge in [-0.1, -0.05) is 11.3 Å². The van der Waals surface area contributed by atoms with Gasteiger partial charge in [-0.25, -0.2) is 14.7 Å². The van der Waals surface area contributed by atoms with E-state index in [1.165, 1.54) is 23.9 Å². The molecule has 0 aliphatic carbocycles. The summed E-state index contributed by atoms with van der Waals surface area (Å²) in [5, 5.41) is 9.25. The predicted molar refractivity (Wildman–Crippen MR) is 76.4 cm³/mol. The van der Waals surface area contributed by atoms with Gasteiger partial charge in [-0.15, -0.1) is 11.8 Å². The van der Waals surface area contributed by atoms with Crippen molar-refractivity contribution in [1.29, 1.82) is 0 Å². The number of nitrogens with zero attached hydrogens (tertiary/aromatic N) is 2. The van der Waals surface area contributed by atoms with Crippen LogP contribution in [0.3, 0.4) is 0 Å². The Labute approximate surface area is 121 Å². The van der Waals surface area contributed by atoms with Gasteiger partial charge in [0.2, 0.25) is 11.8 Å². The first-order valence-electron chi connectivity index (χ1n) is 5.63. The number of aromatic nitrogens is 1. The summed E-state index contributed by atoms with van der Waals surface area (Å²) in [7, 11) is 0. The second-order valence-electron chi connectivity index (χ2n) is 4.10. The van der Waals surface area contributed by atoms with Crippen molar-refractivity contribution in [3.8, 4) is 0 Å². The Kier molecular flexibility index (Phi) is 3.19. The molecule has 1 fully saturated rings. The fraction of sp³-hybridized carbons (Fsp3) is 0.167. The average Bonchev–Trinajstić information content (AvgIpc) is 2.80. The van der Waals surface area contributed by atoms with Crippen LogP contribution < -0.4 is 4.90 Å². The van der Waals surface area contributed by atoms with E-state index in [1.807, 2.05) is 0 Å². The molecule has 1 aliphatic heterocycles. The van der Waals surface area contributed by atoms with Crippen molar-refractivity contribution in [1.82, 2.24) is 4.98 Å². The number of aromatic carboxylic acids is 1. The molecule has 1 aromatic heterocycles. The summed E-state index contributed by atoms with van der Waals surface area (Å²) in [6, 6.07) is 4.52. The lowest BCUT2D eigenvalue weighted by Crippen LogP contribution is -2.43. The molecule has 102 valence electrons. The quantitative estimate of drug-likeness (QED) is 0.848. The molecule has 1 saturated heterocycles. The number of thioether (sulfide) groups is 1. The first kappa shape index (κ1) is 13.1. The zero-order valence-corrected chi connectivity index (χ0v) is 11.7. The molecule has 2 amide bonds. The SMILES string of the molecule is O=C(O)c1ccc2nc(N3C(=O)CSCC3=O)sc2c1. The number of hydrogen-bond donors (Lipinski definition) is 1. The minimum atomic E-state index is -1.02. The van der Waals surface area contributed by atoms with E-state index in [0.29, 0.717) is 15.3 Å². The smallest absolute Gasteiger partial charge is 0.335 e. The number of carbonyl (C=O) groups is 3. The lowest BCUT2D eigenvalue weighted by molar-refractivity contribution is -0.124. The molecule has 20 heavy (non-hydrogen) atoms. The third-order valence-electron chi connectivity index (χ3n) is 2.77. The van der Waals surface area contributed by atoms with Crippen molar-refractivity contribution in [3.05, 3.63) is 23.8 Å². The van der Waals surface area contributed by atoms with E-state index in [4.69, 9.17) is 5.11 Å². The Balaban J connectivity index is 2.06. The molecule has 1 aromatic carbocycles. The van der Waals surface area contributed by atoms with Crippen molar-refractivity contribution in [2.45, 2.75) is 0 Å². The standard InChI is InChI=1S/C12H8N2O4S2/c15-9-4-19-5-10(16)14(9)12-13-7-2-1-6(11(17)18)3-8(7)20-12/h1-3H,4-5H2,(H,17,18). The highest BCUT2D eigenvalue weighted by Gasteiger charge is 2.30. The molecule has 8 heteroatoms. The van der Waals surface area contributed by atoms with Gasteiger partial charge in [-0.2, -0.15) is 0 Å². The Morgan fingerprint density at radius 3 is 2.60 bits per heavy atom. The predicted octanol–water partition coefficient (Wildman–Crippen LogP) is 1.60. The van der Waals surface area contributed by atoms with E-state index in [2.05, 4.69) is 4.98 Å². The Bertz CT molecular complexity index is 724. The number of rotatable bonds is 2. The summed E-state index contributed by atoms with van der Waals surface area (Å²) in [5.41, 5.74) is 0.730. The Hall–Kier alpha value is -1.93. The van der Waals surface area contributed by atoms with Gasteiger partial charge in [0.25, 0.3) is 0 Å². The molecule has 0 saturated carbocycles. The van der Waals surface area contributed by atoms with Gasteiger partial charge in [0, 0.05) is 0 Å². The first-order chi connectivity index (χ1) is 9.56. The van der Waals surface area contributed by atoms with Gasteiger partial charge in [0.15, 0.2) is 5.13 Å². The summed E-state index contributed by atoms with van der Waals surface area (Å²) in [6.45, 7) is 0. The highest BCUT2D eigenvalue weighted by atomic mass is 32.2. The number of amides is 2. The van der Waals surface area contributed by atoms with Crippen LogP contribution in [0.4, 0.5) is 5.13 Å². The number of carboxylic acid groups (broad SMARTS) is 1. The van der Waals surface area contributed by atoms with Crippen molar-refractivity contribution >= 4 is 56.2 Å². The first-order valence-corrected chi connectivity index (χ1v) is 7.61. The number of hydrogen-bond acceptors (Lipinski definition) is 6. The summed E-state index contributed by atoms with van der Waals surface area (Å²) in [4.78, 5) is 39.9. The molecule has 2 heterocycles. The van der Waals surface area contributed by atoms with Crippen LogP contribution in [0, 0.1) is 0 Å². The van der Waals surface area contributed by atoms with Gasteiger partial charge in [-0.05, 0) is 18.2 Å². The molecular weight excluding hydrogens is 300 g/mol. The Morgan fingerprint density at radius 1 is 1.25 bits per heavy atom. The maximum Gasteiger partial charge on any atom is 0.335 e. The molecule has 3 rings (SSSR count). The van der Waals surface area contributed by atoms with E-state index in [-0.39, 0.29) is 28.9 Å². The highest BCUT2D eigenvalue weighted by Crippen LogP contribution is 2.31. The molecular formula is C12H8N2O4S2. The lowest BCUT2D eigenvalue weighted by Gasteiger charge is -2.21. The van der Waals surface area contributed by atoms with Crippen LogP contribution in [0.15, 0.2) is 18.2 Å². The topological polar surface area (TPSA) is 87.6 Å². The molecule has 6 nitrogen and oxygen atoms in total. The number of carbonyl (C=O) groups excluding carboxylic acids is 2. The van der Waals surface area contributed by atoms with Crippen molar-refractivity contribution in [3.63, 3.8) is 0 Å². The summed E-state index contributed by atoms with van der Waals surface area (Å²) < 4.78 is 0.638. The number of anilines is 1. The van der Waals surface area contributed by atoms with Crippen molar-refractivity contribution in [2.24, 2.45) is 0 Å². The molecule has 1 N–H and O–H groups in total. The zero-order chi connectivity index (χ0) is 14.3. The normalized spacial score (nSPS) is 15.9. The van der Waals surface area contributed by atoms with E-state index in [1.54, 1.807) is 6.07 Å². The minimum Gasteiger partial charge on any atom is -0.478 e. The van der Waals surface area contributed by atoms with Crippen LogP contribution in [-0.2, 0) is 9.59 Å². The fourth-order valence-corrected chi connectivity index (χ4v) is 3.60. The number of carboxylic acids is 1. The summed E-state index contributed by atoms with van der Waals surface area (Å²) >= 11 is 2.42. The van der Waals surface area contributed by atoms with Gasteiger partial charge < -0.3 is 5.11 Å². The van der Waals surface area contributed by atoms with E-state index in [9.17, 15) is 14.4 Å². The molecule has 0 spiro atoms. The minimum absolute atomic E-state index is 0.152. The maximum atomic E-state index is 11.8. The molecule has 0 radical (unpaired) electrons. The van der Waals surface area contributed by atoms with Crippen LogP contribution in [0.2, 0.25) is 0 Å². The molecule has 0 unspecified atom stereocenters. The fourth-order valence-electron chi connectivity index (χ4n) is 1.85. The van der Waals surface area contributed by atoms with Crippen LogP contribution in [0.25, 0.3) is 10.2 Å². The van der Waals surface area contributed by atoms with E-state index in [0.717, 1.165) is 16.2 Å². The van der Waals surface area contributed by atoms with Crippen LogP contribution in [0.1, 0.15) is 10.4 Å². The van der Waals surface area contributed by atoms with E-state index >= 15 is 0 Å². The van der Waals surface area contributed by atoms with Crippen molar-refractivity contribution < 1.29 is 19.5 Å². The van der Waals surface area contributed by atoms with Gasteiger partial charge in [-0.3, -0.25) is 9.59 Å². The van der Waals surface area contributed by atoms with Gasteiger partial charge in [0.05, 0.1) is 27.3 Å². The summed E-state index contributed by atoms with van der Waals surface area (Å²) in [5.74, 6) is -1.10. The molecule has 0 bridgehead atoms. The maximum absolute atomic E-state index is 11.8. The number of benzene rings is 1. The number of thiazole rings is 1. The monoisotopic (exact) mass is 308 g/mol. The number of fused-ring (bicyclic) bond motifs is 1. The highest BCUT2D eigenvalue weighted by molar-refractivity contribution is 8.00. The van der Waals surface area contributed by atoms with Crippen LogP contribution >= 0.6 is 23.1 Å². The van der Waals surface area contributed by atoms with Gasteiger partial charge >= 0.3 is 5.97 Å². The third kappa shape index (κ3) is 2.16. The van der Waals surface area contributed by atoms with Crippen LogP contribution in [0.5, 0.6) is 0 Å². The molecule has 1 aliphatic rings. The number of imide groups is 1. The lowest BCUT2D eigenvalue weighted by atomic mass is 10.2. The van der Waals surface area contributed by atoms with Gasteiger partial charge in [0.1, 0.15) is 0 Å². The van der Waals surface area contributed by atoms with E-state index < -0.39 is 5.97 Å². The second kappa shape index (κ2) is 4.88.